The summed E-state index contributed by atoms with van der Waals surface area (Å²) in [5, 5.41) is 10.8. The molecule has 33 heavy (non-hydrogen) atoms. The van der Waals surface area contributed by atoms with E-state index in [1.807, 2.05) is 18.2 Å². The van der Waals surface area contributed by atoms with Crippen LogP contribution in [-0.4, -0.2) is 34.7 Å². The van der Waals surface area contributed by atoms with Gasteiger partial charge < -0.3 is 14.2 Å². The van der Waals surface area contributed by atoms with E-state index >= 15 is 0 Å². The van der Waals surface area contributed by atoms with Gasteiger partial charge in [-0.1, -0.05) is 24.3 Å². The smallest absolute Gasteiger partial charge is 0.269 e. The molecule has 0 saturated heterocycles. The van der Waals surface area contributed by atoms with Gasteiger partial charge in [-0.05, 0) is 47.5 Å². The molecule has 0 aliphatic carbocycles. The molecule has 1 N–H and O–H groups in total. The number of rotatable bonds is 9. The highest BCUT2D eigenvalue weighted by molar-refractivity contribution is 7.92. The third-order valence-electron chi connectivity index (χ3n) is 4.65. The monoisotopic (exact) mass is 470 g/mol. The molecule has 172 valence electrons. The molecule has 0 amide bonds. The SMILES string of the molecule is COc1cc(/C=C\c2cccc(NS(=O)(=O)c3ccc([N+](=O)[O-])cc3)c2)cc(OC)c1OC. The molecule has 0 fully saturated rings. The molecule has 9 nitrogen and oxygen atoms in total. The van der Waals surface area contributed by atoms with Gasteiger partial charge in [0.15, 0.2) is 11.5 Å². The van der Waals surface area contributed by atoms with Crippen LogP contribution in [0.15, 0.2) is 65.6 Å². The van der Waals surface area contributed by atoms with Crippen molar-refractivity contribution in [3.63, 3.8) is 0 Å². The fourth-order valence-electron chi connectivity index (χ4n) is 3.06. The molecule has 0 aliphatic heterocycles. The molecule has 3 rings (SSSR count). The van der Waals surface area contributed by atoms with Crippen molar-refractivity contribution in [1.29, 1.82) is 0 Å². The van der Waals surface area contributed by atoms with Crippen LogP contribution in [0.1, 0.15) is 11.1 Å². The van der Waals surface area contributed by atoms with Crippen LogP contribution < -0.4 is 18.9 Å². The maximum Gasteiger partial charge on any atom is 0.269 e. The lowest BCUT2D eigenvalue weighted by atomic mass is 10.1. The largest absolute Gasteiger partial charge is 0.493 e. The van der Waals surface area contributed by atoms with Crippen molar-refractivity contribution in [2.24, 2.45) is 0 Å². The minimum absolute atomic E-state index is 0.0773. The summed E-state index contributed by atoms with van der Waals surface area (Å²) in [5.74, 6) is 1.52. The van der Waals surface area contributed by atoms with Crippen molar-refractivity contribution in [1.82, 2.24) is 0 Å². The van der Waals surface area contributed by atoms with Crippen molar-refractivity contribution in [3.05, 3.63) is 81.9 Å². The number of anilines is 1. The molecule has 0 atom stereocenters. The summed E-state index contributed by atoms with van der Waals surface area (Å²) < 4.78 is 43.8. The van der Waals surface area contributed by atoms with Gasteiger partial charge in [0, 0.05) is 17.8 Å². The Hall–Kier alpha value is -4.05. The van der Waals surface area contributed by atoms with E-state index in [0.29, 0.717) is 22.9 Å². The summed E-state index contributed by atoms with van der Waals surface area (Å²) in [6.07, 6.45) is 3.64. The summed E-state index contributed by atoms with van der Waals surface area (Å²) in [4.78, 5) is 10.1. The fourth-order valence-corrected chi connectivity index (χ4v) is 4.11. The van der Waals surface area contributed by atoms with E-state index in [0.717, 1.165) is 23.3 Å². The number of nitro benzene ring substituents is 1. The number of nitrogens with one attached hydrogen (secondary N) is 1. The Morgan fingerprint density at radius 1 is 0.848 bits per heavy atom. The Kier molecular flexibility index (Phi) is 7.19. The van der Waals surface area contributed by atoms with Gasteiger partial charge in [0.2, 0.25) is 5.75 Å². The molecule has 0 aliphatic rings. The number of methoxy groups -OCH3 is 3. The predicted octanol–water partition coefficient (Wildman–Crippen LogP) is 4.59. The Labute approximate surface area is 191 Å². The van der Waals surface area contributed by atoms with Crippen LogP contribution in [0.4, 0.5) is 11.4 Å². The molecule has 0 unspecified atom stereocenters. The van der Waals surface area contributed by atoms with Gasteiger partial charge in [-0.15, -0.1) is 0 Å². The van der Waals surface area contributed by atoms with Crippen LogP contribution in [0.5, 0.6) is 17.2 Å². The Bertz CT molecular complexity index is 1260. The molecule has 3 aromatic carbocycles. The molecular weight excluding hydrogens is 448 g/mol. The van der Waals surface area contributed by atoms with Gasteiger partial charge >= 0.3 is 0 Å². The van der Waals surface area contributed by atoms with E-state index in [2.05, 4.69) is 4.72 Å². The minimum Gasteiger partial charge on any atom is -0.493 e. The second-order valence-corrected chi connectivity index (χ2v) is 8.46. The summed E-state index contributed by atoms with van der Waals surface area (Å²) in [6.45, 7) is 0. The molecule has 0 heterocycles. The Morgan fingerprint density at radius 2 is 1.45 bits per heavy atom. The summed E-state index contributed by atoms with van der Waals surface area (Å²) >= 11 is 0. The van der Waals surface area contributed by atoms with Crippen molar-refractivity contribution in [2.75, 3.05) is 26.1 Å². The maximum atomic E-state index is 12.6. The summed E-state index contributed by atoms with van der Waals surface area (Å²) in [7, 11) is 0.684. The van der Waals surface area contributed by atoms with Gasteiger partial charge in [-0.3, -0.25) is 14.8 Å². The highest BCUT2D eigenvalue weighted by Gasteiger charge is 2.16. The van der Waals surface area contributed by atoms with E-state index in [4.69, 9.17) is 14.2 Å². The number of non-ortho nitro benzene ring substituents is 1. The number of nitrogens with zero attached hydrogens (tertiary/aromatic N) is 1. The molecule has 0 aromatic heterocycles. The topological polar surface area (TPSA) is 117 Å². The fraction of sp³-hybridized carbons (Fsp3) is 0.130. The highest BCUT2D eigenvalue weighted by Crippen LogP contribution is 2.38. The zero-order valence-corrected chi connectivity index (χ0v) is 19.0. The lowest BCUT2D eigenvalue weighted by Gasteiger charge is -2.12. The molecule has 0 bridgehead atoms. The lowest BCUT2D eigenvalue weighted by molar-refractivity contribution is -0.384. The number of ether oxygens (including phenoxy) is 3. The van der Waals surface area contributed by atoms with Crippen LogP contribution in [0.3, 0.4) is 0 Å². The lowest BCUT2D eigenvalue weighted by Crippen LogP contribution is -2.12. The zero-order chi connectivity index (χ0) is 24.0. The maximum absolute atomic E-state index is 12.6. The number of nitro groups is 1. The van der Waals surface area contributed by atoms with Crippen LogP contribution in [0, 0.1) is 10.1 Å². The molecular formula is C23H22N2O7S. The second kappa shape index (κ2) is 10.0. The van der Waals surface area contributed by atoms with Crippen molar-refractivity contribution in [2.45, 2.75) is 4.90 Å². The van der Waals surface area contributed by atoms with Crippen LogP contribution >= 0.6 is 0 Å². The molecule has 3 aromatic rings. The Balaban J connectivity index is 1.82. The molecule has 0 radical (unpaired) electrons. The van der Waals surface area contributed by atoms with Gasteiger partial charge in [0.05, 0.1) is 31.1 Å². The number of hydrogen-bond donors (Lipinski definition) is 1. The van der Waals surface area contributed by atoms with Gasteiger partial charge in [0.1, 0.15) is 0 Å². The van der Waals surface area contributed by atoms with Gasteiger partial charge in [-0.25, -0.2) is 8.42 Å². The van der Waals surface area contributed by atoms with E-state index < -0.39 is 14.9 Å². The third-order valence-corrected chi connectivity index (χ3v) is 6.05. The molecule has 0 spiro atoms. The summed E-state index contributed by atoms with van der Waals surface area (Å²) in [6, 6.07) is 15.1. The Morgan fingerprint density at radius 3 is 2.00 bits per heavy atom. The first kappa shape index (κ1) is 23.6. The normalized spacial score (nSPS) is 11.2. The first-order valence-electron chi connectivity index (χ1n) is 9.63. The molecule has 10 heteroatoms. The third kappa shape index (κ3) is 5.60. The van der Waals surface area contributed by atoms with Gasteiger partial charge in [0.25, 0.3) is 15.7 Å². The van der Waals surface area contributed by atoms with Gasteiger partial charge in [-0.2, -0.15) is 0 Å². The van der Waals surface area contributed by atoms with Crippen LogP contribution in [-0.2, 0) is 10.0 Å². The number of benzene rings is 3. The average molecular weight is 471 g/mol. The van der Waals surface area contributed by atoms with Crippen molar-refractivity contribution in [3.8, 4) is 17.2 Å². The first-order valence-corrected chi connectivity index (χ1v) is 11.1. The summed E-state index contributed by atoms with van der Waals surface area (Å²) in [5.41, 5.74) is 1.70. The van der Waals surface area contributed by atoms with Crippen LogP contribution in [0.25, 0.3) is 12.2 Å². The zero-order valence-electron chi connectivity index (χ0n) is 18.1. The van der Waals surface area contributed by atoms with E-state index in [9.17, 15) is 18.5 Å². The van der Waals surface area contributed by atoms with Crippen LogP contribution in [0.2, 0.25) is 0 Å². The van der Waals surface area contributed by atoms with Crippen molar-refractivity contribution < 1.29 is 27.6 Å². The van der Waals surface area contributed by atoms with E-state index in [1.165, 1.54) is 33.5 Å². The van der Waals surface area contributed by atoms with Crippen molar-refractivity contribution >= 4 is 33.6 Å². The standard InChI is InChI=1S/C23H22N2O7S/c1-30-21-14-17(15-22(31-2)23(21)32-3)8-7-16-5-4-6-18(13-16)24-33(28,29)20-11-9-19(10-12-20)25(26)27/h4-15,24H,1-3H3/b8-7-. The van der Waals surface area contributed by atoms with E-state index in [1.54, 1.807) is 30.3 Å². The highest BCUT2D eigenvalue weighted by atomic mass is 32.2. The predicted molar refractivity (Wildman–Crippen MR) is 125 cm³/mol. The second-order valence-electron chi connectivity index (χ2n) is 6.77. The average Bonchev–Trinajstić information content (AvgIpc) is 2.82. The quantitative estimate of drug-likeness (QED) is 0.276. The number of hydrogen-bond acceptors (Lipinski definition) is 7. The van der Waals surface area contributed by atoms with E-state index in [-0.39, 0.29) is 10.6 Å². The number of sulfonamides is 1. The minimum atomic E-state index is -3.91. The molecule has 0 saturated carbocycles. The first-order chi connectivity index (χ1) is 15.8.